The highest BCUT2D eigenvalue weighted by Crippen LogP contribution is 2.15. The summed E-state index contributed by atoms with van der Waals surface area (Å²) < 4.78 is 29.5. The second-order valence-corrected chi connectivity index (χ2v) is 6.45. The molecule has 1 amide bonds. The maximum absolute atomic E-state index is 12.1. The molecule has 0 aromatic heterocycles. The summed E-state index contributed by atoms with van der Waals surface area (Å²) in [5, 5.41) is 10.6. The average molecular weight is 365 g/mol. The van der Waals surface area contributed by atoms with Gasteiger partial charge in [-0.1, -0.05) is 0 Å². The Bertz CT molecular complexity index is 863. The molecule has 0 unspecified atom stereocenters. The zero-order chi connectivity index (χ0) is 18.4. The van der Waals surface area contributed by atoms with Crippen LogP contribution in [0, 0.1) is 10.1 Å². The molecule has 2 aromatic carbocycles. The number of sulfonamides is 1. The van der Waals surface area contributed by atoms with Crippen LogP contribution in [0.25, 0.3) is 0 Å². The molecule has 0 aliphatic carbocycles. The number of nitrogens with zero attached hydrogens (tertiary/aromatic N) is 1. The van der Waals surface area contributed by atoms with E-state index in [0.717, 1.165) is 12.1 Å². The van der Waals surface area contributed by atoms with Crippen molar-refractivity contribution in [2.45, 2.75) is 11.8 Å². The van der Waals surface area contributed by atoms with Gasteiger partial charge >= 0.3 is 0 Å². The molecule has 0 radical (unpaired) electrons. The number of carbonyl (C=O) groups is 1. The molecule has 2 N–H and O–H groups in total. The van der Waals surface area contributed by atoms with E-state index in [9.17, 15) is 23.3 Å². The van der Waals surface area contributed by atoms with Crippen molar-refractivity contribution in [1.29, 1.82) is 0 Å². The van der Waals surface area contributed by atoms with Crippen LogP contribution in [0.5, 0.6) is 5.75 Å². The molecule has 2 rings (SSSR count). The minimum Gasteiger partial charge on any atom is -0.494 e. The molecule has 132 valence electrons. The molecule has 2 aromatic rings. The first-order chi connectivity index (χ1) is 11.8. The zero-order valence-electron chi connectivity index (χ0n) is 13.1. The van der Waals surface area contributed by atoms with Crippen LogP contribution in [0.15, 0.2) is 53.4 Å². The first kappa shape index (κ1) is 18.4. The lowest BCUT2D eigenvalue weighted by Gasteiger charge is -2.09. The molecule has 0 aliphatic heterocycles. The highest BCUT2D eigenvalue weighted by Gasteiger charge is 2.16. The number of hydrogen-bond acceptors (Lipinski definition) is 6. The average Bonchev–Trinajstić information content (AvgIpc) is 2.60. The maximum Gasteiger partial charge on any atom is 0.269 e. The highest BCUT2D eigenvalue weighted by atomic mass is 32.2. The minimum absolute atomic E-state index is 0.0556. The standard InChI is InChI=1S/C15H15N3O6S/c1-2-24-13-7-9-14(10-8-13)25(22,23)17-16-15(19)11-3-5-12(6-4-11)18(20)21/h3-10,17H,2H2,1H3,(H,16,19). The molecular formula is C15H15N3O6S. The van der Waals surface area contributed by atoms with Crippen molar-refractivity contribution in [2.75, 3.05) is 6.61 Å². The van der Waals surface area contributed by atoms with E-state index in [1.165, 1.54) is 36.4 Å². The summed E-state index contributed by atoms with van der Waals surface area (Å²) in [6.45, 7) is 2.26. The first-order valence-corrected chi connectivity index (χ1v) is 8.61. The fraction of sp³-hybridized carbons (Fsp3) is 0.133. The van der Waals surface area contributed by atoms with Crippen LogP contribution in [0.1, 0.15) is 17.3 Å². The predicted octanol–water partition coefficient (Wildman–Crippen LogP) is 1.62. The maximum atomic E-state index is 12.1. The third kappa shape index (κ3) is 4.75. The lowest BCUT2D eigenvalue weighted by Crippen LogP contribution is -2.41. The van der Waals surface area contributed by atoms with Gasteiger partial charge in [-0.3, -0.25) is 20.3 Å². The highest BCUT2D eigenvalue weighted by molar-refractivity contribution is 7.89. The topological polar surface area (TPSA) is 128 Å². The van der Waals surface area contributed by atoms with Crippen LogP contribution < -0.4 is 15.0 Å². The molecule has 0 fully saturated rings. The summed E-state index contributed by atoms with van der Waals surface area (Å²) in [4.78, 5) is 23.8. The Labute approximate surface area is 143 Å². The summed E-state index contributed by atoms with van der Waals surface area (Å²) >= 11 is 0. The van der Waals surface area contributed by atoms with Gasteiger partial charge in [-0.15, -0.1) is 4.83 Å². The van der Waals surface area contributed by atoms with Crippen LogP contribution in [-0.2, 0) is 10.0 Å². The number of hydrazine groups is 1. The van der Waals surface area contributed by atoms with Gasteiger partial charge in [0, 0.05) is 17.7 Å². The van der Waals surface area contributed by atoms with E-state index in [1.807, 2.05) is 10.3 Å². The van der Waals surface area contributed by atoms with Gasteiger partial charge in [0.2, 0.25) is 0 Å². The molecule has 0 spiro atoms. The fourth-order valence-electron chi connectivity index (χ4n) is 1.86. The van der Waals surface area contributed by atoms with Crippen LogP contribution in [0.2, 0.25) is 0 Å². The smallest absolute Gasteiger partial charge is 0.269 e. The third-order valence-electron chi connectivity index (χ3n) is 3.08. The SMILES string of the molecule is CCOc1ccc(S(=O)(=O)NNC(=O)c2ccc([N+](=O)[O-])cc2)cc1. The number of hydrogen-bond donors (Lipinski definition) is 2. The molecule has 0 saturated carbocycles. The third-order valence-corrected chi connectivity index (χ3v) is 4.35. The number of amides is 1. The van der Waals surface area contributed by atoms with Crippen molar-refractivity contribution >= 4 is 21.6 Å². The Balaban J connectivity index is 2.03. The van der Waals surface area contributed by atoms with Gasteiger partial charge in [-0.25, -0.2) is 8.42 Å². The lowest BCUT2D eigenvalue weighted by molar-refractivity contribution is -0.384. The summed E-state index contributed by atoms with van der Waals surface area (Å²) in [5.41, 5.74) is 1.94. The Hall–Kier alpha value is -2.98. The van der Waals surface area contributed by atoms with Gasteiger partial charge in [0.05, 0.1) is 16.4 Å². The van der Waals surface area contributed by atoms with E-state index in [-0.39, 0.29) is 16.1 Å². The Kier molecular flexibility index (Phi) is 5.67. The van der Waals surface area contributed by atoms with E-state index < -0.39 is 20.9 Å². The van der Waals surface area contributed by atoms with Crippen LogP contribution in [0.3, 0.4) is 0 Å². The van der Waals surface area contributed by atoms with Gasteiger partial charge in [-0.2, -0.15) is 0 Å². The second kappa shape index (κ2) is 7.73. The number of ether oxygens (including phenoxy) is 1. The number of nitrogens with one attached hydrogen (secondary N) is 2. The summed E-state index contributed by atoms with van der Waals surface area (Å²) in [5.74, 6) is -0.222. The Morgan fingerprint density at radius 2 is 1.72 bits per heavy atom. The summed E-state index contributed by atoms with van der Waals surface area (Å²) in [6.07, 6.45) is 0. The number of non-ortho nitro benzene ring substituents is 1. The first-order valence-electron chi connectivity index (χ1n) is 7.13. The second-order valence-electron chi connectivity index (χ2n) is 4.77. The molecule has 0 saturated heterocycles. The van der Waals surface area contributed by atoms with E-state index in [1.54, 1.807) is 6.92 Å². The van der Waals surface area contributed by atoms with E-state index in [4.69, 9.17) is 4.74 Å². The number of benzene rings is 2. The Morgan fingerprint density at radius 1 is 1.12 bits per heavy atom. The number of carbonyl (C=O) groups excluding carboxylic acids is 1. The minimum atomic E-state index is -3.96. The van der Waals surface area contributed by atoms with Crippen molar-refractivity contribution in [3.05, 3.63) is 64.2 Å². The van der Waals surface area contributed by atoms with Crippen molar-refractivity contribution in [3.8, 4) is 5.75 Å². The van der Waals surface area contributed by atoms with Crippen molar-refractivity contribution in [3.63, 3.8) is 0 Å². The number of nitro benzene ring substituents is 1. The zero-order valence-corrected chi connectivity index (χ0v) is 13.9. The predicted molar refractivity (Wildman–Crippen MR) is 88.5 cm³/mol. The summed E-state index contributed by atoms with van der Waals surface area (Å²) in [7, 11) is -3.96. The molecule has 10 heteroatoms. The summed E-state index contributed by atoms with van der Waals surface area (Å²) in [6, 6.07) is 10.4. The Morgan fingerprint density at radius 3 is 2.24 bits per heavy atom. The van der Waals surface area contributed by atoms with E-state index in [0.29, 0.717) is 12.4 Å². The number of rotatable bonds is 7. The lowest BCUT2D eigenvalue weighted by atomic mass is 10.2. The van der Waals surface area contributed by atoms with E-state index in [2.05, 4.69) is 0 Å². The quantitative estimate of drug-likeness (QED) is 0.567. The van der Waals surface area contributed by atoms with Gasteiger partial charge < -0.3 is 4.74 Å². The molecule has 0 aliphatic rings. The number of nitro groups is 1. The monoisotopic (exact) mass is 365 g/mol. The molecule has 0 heterocycles. The van der Waals surface area contributed by atoms with Gasteiger partial charge in [0.1, 0.15) is 5.75 Å². The van der Waals surface area contributed by atoms with E-state index >= 15 is 0 Å². The van der Waals surface area contributed by atoms with Gasteiger partial charge in [0.25, 0.3) is 21.6 Å². The van der Waals surface area contributed by atoms with Crippen molar-refractivity contribution in [1.82, 2.24) is 10.3 Å². The largest absolute Gasteiger partial charge is 0.494 e. The molecule has 9 nitrogen and oxygen atoms in total. The molecule has 25 heavy (non-hydrogen) atoms. The molecular weight excluding hydrogens is 350 g/mol. The molecule has 0 atom stereocenters. The normalized spacial score (nSPS) is 10.9. The van der Waals surface area contributed by atoms with Crippen molar-refractivity contribution in [2.24, 2.45) is 0 Å². The molecule has 0 bridgehead atoms. The van der Waals surface area contributed by atoms with Crippen LogP contribution in [0.4, 0.5) is 5.69 Å². The fourth-order valence-corrected chi connectivity index (χ4v) is 2.70. The van der Waals surface area contributed by atoms with Crippen LogP contribution >= 0.6 is 0 Å². The van der Waals surface area contributed by atoms with Gasteiger partial charge in [0.15, 0.2) is 0 Å². The van der Waals surface area contributed by atoms with Crippen molar-refractivity contribution < 1.29 is 22.9 Å². The van der Waals surface area contributed by atoms with Gasteiger partial charge in [-0.05, 0) is 43.3 Å². The van der Waals surface area contributed by atoms with Crippen LogP contribution in [-0.4, -0.2) is 25.9 Å².